The molecule has 1 N–H and O–H groups in total. The van der Waals surface area contributed by atoms with Crippen molar-refractivity contribution in [3.63, 3.8) is 0 Å². The molecule has 20 heavy (non-hydrogen) atoms. The van der Waals surface area contributed by atoms with E-state index in [2.05, 4.69) is 5.10 Å². The first-order valence-electron chi connectivity index (χ1n) is 6.57. The molecule has 0 saturated carbocycles. The number of hydrogen-bond acceptors (Lipinski definition) is 2. The Hall–Kier alpha value is -2.55. The van der Waals surface area contributed by atoms with Crippen LogP contribution in [-0.2, 0) is 0 Å². The summed E-state index contributed by atoms with van der Waals surface area (Å²) in [4.78, 5) is 0. The van der Waals surface area contributed by atoms with Crippen molar-refractivity contribution in [2.45, 2.75) is 13.8 Å². The van der Waals surface area contributed by atoms with Crippen LogP contribution in [0.5, 0.6) is 5.75 Å². The van der Waals surface area contributed by atoms with Crippen LogP contribution in [0.25, 0.3) is 16.9 Å². The molecule has 0 fully saturated rings. The van der Waals surface area contributed by atoms with Crippen molar-refractivity contribution in [1.82, 2.24) is 9.78 Å². The van der Waals surface area contributed by atoms with Crippen LogP contribution in [0.15, 0.2) is 54.6 Å². The number of aryl methyl sites for hydroxylation is 2. The van der Waals surface area contributed by atoms with Gasteiger partial charge >= 0.3 is 0 Å². The molecule has 1 aromatic heterocycles. The Morgan fingerprint density at radius 1 is 0.950 bits per heavy atom. The van der Waals surface area contributed by atoms with E-state index in [1.165, 1.54) is 0 Å². The van der Waals surface area contributed by atoms with Gasteiger partial charge < -0.3 is 5.11 Å². The number of nitrogens with zero attached hydrogens (tertiary/aromatic N) is 2. The molecule has 3 nitrogen and oxygen atoms in total. The first-order chi connectivity index (χ1) is 9.65. The summed E-state index contributed by atoms with van der Waals surface area (Å²) in [5, 5.41) is 14.7. The summed E-state index contributed by atoms with van der Waals surface area (Å²) in [5.74, 6) is 0.241. The smallest absolute Gasteiger partial charge is 0.141 e. The molecule has 3 heteroatoms. The van der Waals surface area contributed by atoms with Crippen LogP contribution in [-0.4, -0.2) is 14.9 Å². The summed E-state index contributed by atoms with van der Waals surface area (Å²) >= 11 is 0. The van der Waals surface area contributed by atoms with Crippen LogP contribution < -0.4 is 0 Å². The van der Waals surface area contributed by atoms with Gasteiger partial charge in [0.25, 0.3) is 0 Å². The third-order valence-electron chi connectivity index (χ3n) is 3.26. The summed E-state index contributed by atoms with van der Waals surface area (Å²) in [5.41, 5.74) is 4.69. The lowest BCUT2D eigenvalue weighted by molar-refractivity contribution is 0.470. The normalized spacial score (nSPS) is 10.7. The number of phenolic OH excluding ortho intramolecular Hbond substituents is 1. The van der Waals surface area contributed by atoms with E-state index in [4.69, 9.17) is 0 Å². The largest absolute Gasteiger partial charge is 0.506 e. The lowest BCUT2D eigenvalue weighted by atomic mass is 10.1. The van der Waals surface area contributed by atoms with Crippen LogP contribution in [0.1, 0.15) is 11.3 Å². The minimum atomic E-state index is 0.241. The van der Waals surface area contributed by atoms with Gasteiger partial charge in [-0.25, -0.2) is 4.68 Å². The van der Waals surface area contributed by atoms with Crippen molar-refractivity contribution in [3.8, 4) is 22.7 Å². The topological polar surface area (TPSA) is 38.0 Å². The molecule has 3 rings (SSSR count). The number of phenols is 1. The summed E-state index contributed by atoms with van der Waals surface area (Å²) in [6.07, 6.45) is 0. The molecule has 1 heterocycles. The Bertz CT molecular complexity index is 745. The predicted molar refractivity (Wildman–Crippen MR) is 80.1 cm³/mol. The van der Waals surface area contributed by atoms with Crippen molar-refractivity contribution in [1.29, 1.82) is 0 Å². The van der Waals surface area contributed by atoms with E-state index in [-0.39, 0.29) is 5.75 Å². The number of rotatable bonds is 2. The van der Waals surface area contributed by atoms with Gasteiger partial charge in [-0.15, -0.1) is 0 Å². The van der Waals surface area contributed by atoms with E-state index in [1.54, 1.807) is 10.7 Å². The second kappa shape index (κ2) is 4.85. The number of hydrogen-bond donors (Lipinski definition) is 1. The molecule has 0 saturated heterocycles. The highest BCUT2D eigenvalue weighted by Crippen LogP contribution is 2.28. The zero-order chi connectivity index (χ0) is 14.1. The fourth-order valence-corrected chi connectivity index (χ4v) is 2.31. The number of aromatic nitrogens is 2. The van der Waals surface area contributed by atoms with Crippen molar-refractivity contribution >= 4 is 0 Å². The number of benzene rings is 2. The quantitative estimate of drug-likeness (QED) is 0.763. The second-order valence-electron chi connectivity index (χ2n) is 4.94. The van der Waals surface area contributed by atoms with Gasteiger partial charge in [0.1, 0.15) is 11.4 Å². The summed E-state index contributed by atoms with van der Waals surface area (Å²) in [6, 6.07) is 17.7. The molecule has 0 unspecified atom stereocenters. The second-order valence-corrected chi connectivity index (χ2v) is 4.94. The molecule has 0 aliphatic carbocycles. The van der Waals surface area contributed by atoms with E-state index in [1.807, 2.05) is 62.4 Å². The van der Waals surface area contributed by atoms with Crippen LogP contribution in [0, 0.1) is 13.8 Å². The predicted octanol–water partition coefficient (Wildman–Crippen LogP) is 3.86. The monoisotopic (exact) mass is 264 g/mol. The molecule has 100 valence electrons. The molecule has 0 spiro atoms. The van der Waals surface area contributed by atoms with Gasteiger partial charge in [0.2, 0.25) is 0 Å². The van der Waals surface area contributed by atoms with E-state index in [0.717, 1.165) is 22.5 Å². The number of aromatic hydroxyl groups is 1. The first-order valence-corrected chi connectivity index (χ1v) is 6.57. The maximum Gasteiger partial charge on any atom is 0.141 e. The van der Waals surface area contributed by atoms with Gasteiger partial charge in [0, 0.05) is 5.56 Å². The maximum atomic E-state index is 10.2. The standard InChI is InChI=1S/C17H16N2O/c1-12-8-9-15(17(20)10-12)19-16(11-13(2)18-19)14-6-4-3-5-7-14/h3-11,20H,1-2H3. The van der Waals surface area contributed by atoms with Crippen LogP contribution in [0.4, 0.5) is 0 Å². The maximum absolute atomic E-state index is 10.2. The highest BCUT2D eigenvalue weighted by Gasteiger charge is 2.12. The molecule has 2 aromatic carbocycles. The molecule has 0 amide bonds. The molecule has 3 aromatic rings. The minimum Gasteiger partial charge on any atom is -0.506 e. The third kappa shape index (κ3) is 2.18. The molecule has 0 radical (unpaired) electrons. The van der Waals surface area contributed by atoms with Gasteiger partial charge in [-0.1, -0.05) is 36.4 Å². The van der Waals surface area contributed by atoms with Crippen molar-refractivity contribution in [2.24, 2.45) is 0 Å². The summed E-state index contributed by atoms with van der Waals surface area (Å²) < 4.78 is 1.79. The van der Waals surface area contributed by atoms with Crippen LogP contribution in [0.2, 0.25) is 0 Å². The summed E-state index contributed by atoms with van der Waals surface area (Å²) in [6.45, 7) is 3.91. The average molecular weight is 264 g/mol. The van der Waals surface area contributed by atoms with Gasteiger partial charge in [0.05, 0.1) is 11.4 Å². The Labute approximate surface area is 118 Å². The van der Waals surface area contributed by atoms with Crippen molar-refractivity contribution in [3.05, 3.63) is 65.9 Å². The lowest BCUT2D eigenvalue weighted by Crippen LogP contribution is -2.00. The molecule has 0 aliphatic rings. The average Bonchev–Trinajstić information content (AvgIpc) is 2.81. The highest BCUT2D eigenvalue weighted by atomic mass is 16.3. The fraction of sp³-hybridized carbons (Fsp3) is 0.118. The van der Waals surface area contributed by atoms with Crippen LogP contribution >= 0.6 is 0 Å². The van der Waals surface area contributed by atoms with Crippen molar-refractivity contribution < 1.29 is 5.11 Å². The van der Waals surface area contributed by atoms with E-state index in [0.29, 0.717) is 5.69 Å². The van der Waals surface area contributed by atoms with Crippen molar-refractivity contribution in [2.75, 3.05) is 0 Å². The SMILES string of the molecule is Cc1ccc(-n2nc(C)cc2-c2ccccc2)c(O)c1. The molecular weight excluding hydrogens is 248 g/mol. The first kappa shape index (κ1) is 12.5. The molecule has 0 aliphatic heterocycles. The summed E-state index contributed by atoms with van der Waals surface area (Å²) in [7, 11) is 0. The Morgan fingerprint density at radius 2 is 1.70 bits per heavy atom. The molecule has 0 atom stereocenters. The third-order valence-corrected chi connectivity index (χ3v) is 3.26. The molecule has 0 bridgehead atoms. The van der Waals surface area contributed by atoms with Gasteiger partial charge in [-0.2, -0.15) is 5.10 Å². The van der Waals surface area contributed by atoms with Crippen LogP contribution in [0.3, 0.4) is 0 Å². The lowest BCUT2D eigenvalue weighted by Gasteiger charge is -2.10. The van der Waals surface area contributed by atoms with E-state index < -0.39 is 0 Å². The van der Waals surface area contributed by atoms with E-state index >= 15 is 0 Å². The minimum absolute atomic E-state index is 0.241. The zero-order valence-electron chi connectivity index (χ0n) is 11.5. The van der Waals surface area contributed by atoms with Gasteiger partial charge in [0.15, 0.2) is 0 Å². The van der Waals surface area contributed by atoms with E-state index in [9.17, 15) is 5.11 Å². The Kier molecular flexibility index (Phi) is 3.03. The highest BCUT2D eigenvalue weighted by molar-refractivity contribution is 5.64. The molecular formula is C17H16N2O. The van der Waals surface area contributed by atoms with Gasteiger partial charge in [-0.3, -0.25) is 0 Å². The Balaban J connectivity index is 2.20. The Morgan fingerprint density at radius 3 is 2.40 bits per heavy atom. The van der Waals surface area contributed by atoms with Gasteiger partial charge in [-0.05, 0) is 37.6 Å². The fourth-order valence-electron chi connectivity index (χ4n) is 2.31. The zero-order valence-corrected chi connectivity index (χ0v) is 11.5.